The molecule has 0 spiro atoms. The number of aliphatic hydroxyl groups excluding tert-OH is 1. The molecule has 200 valence electrons. The van der Waals surface area contributed by atoms with Crippen LogP contribution in [0.3, 0.4) is 0 Å². The quantitative estimate of drug-likeness (QED) is 0.287. The van der Waals surface area contributed by atoms with E-state index in [0.29, 0.717) is 50.6 Å². The summed E-state index contributed by atoms with van der Waals surface area (Å²) >= 11 is 0. The summed E-state index contributed by atoms with van der Waals surface area (Å²) in [6.45, 7) is 4.36. The number of hydrogen-bond donors (Lipinski definition) is 1. The van der Waals surface area contributed by atoms with E-state index in [1.54, 1.807) is 17.0 Å². The van der Waals surface area contributed by atoms with Gasteiger partial charge in [-0.2, -0.15) is 0 Å². The third-order valence-electron chi connectivity index (χ3n) is 7.65. The van der Waals surface area contributed by atoms with Crippen LogP contribution in [0.15, 0.2) is 35.0 Å². The number of ketones is 1. The van der Waals surface area contributed by atoms with Crippen LogP contribution in [-0.2, 0) is 9.59 Å². The molecule has 2 fully saturated rings. The summed E-state index contributed by atoms with van der Waals surface area (Å²) < 4.78 is 5.19. The standard InChI is InChI=1S/C29H44N2O5/c1-2-3-6-10-24(32)16-14-23-15-17-26(33)25(23)11-7-4-5-8-13-28(34)30-18-20-31(21-19-30)29(35)27-12-9-22-36-27/h9,12,14,16,22-25,32H,2-8,10-11,13,15,17-21H2,1H3/t23-,24+,25+/m0/s1. The highest BCUT2D eigenvalue weighted by Crippen LogP contribution is 2.34. The lowest BCUT2D eigenvalue weighted by Crippen LogP contribution is -2.50. The molecule has 1 saturated carbocycles. The van der Waals surface area contributed by atoms with Crippen LogP contribution in [0.25, 0.3) is 0 Å². The topological polar surface area (TPSA) is 91.1 Å². The van der Waals surface area contributed by atoms with Crippen LogP contribution in [0, 0.1) is 11.8 Å². The molecule has 0 unspecified atom stereocenters. The van der Waals surface area contributed by atoms with Crippen LogP contribution in [0.1, 0.15) is 94.5 Å². The van der Waals surface area contributed by atoms with Crippen LogP contribution in [0.5, 0.6) is 0 Å². The van der Waals surface area contributed by atoms with Gasteiger partial charge in [0, 0.05) is 44.9 Å². The van der Waals surface area contributed by atoms with Crippen molar-refractivity contribution in [1.82, 2.24) is 9.80 Å². The van der Waals surface area contributed by atoms with E-state index in [0.717, 1.165) is 64.2 Å². The lowest BCUT2D eigenvalue weighted by molar-refractivity contribution is -0.132. The van der Waals surface area contributed by atoms with E-state index < -0.39 is 6.10 Å². The van der Waals surface area contributed by atoms with Gasteiger partial charge in [0.05, 0.1) is 12.4 Å². The average Bonchev–Trinajstić information content (AvgIpc) is 3.55. The smallest absolute Gasteiger partial charge is 0.289 e. The molecule has 7 heteroatoms. The van der Waals surface area contributed by atoms with Gasteiger partial charge in [-0.15, -0.1) is 0 Å². The number of carbonyl (C=O) groups excluding carboxylic acids is 3. The maximum absolute atomic E-state index is 12.6. The SMILES string of the molecule is CCCCC[C@@H](O)C=C[C@H]1CCC(=O)[C@@H]1CCCCCCC(=O)N1CCN(C(=O)c2ccco2)CC1. The first-order valence-electron chi connectivity index (χ1n) is 14.0. The number of hydrogen-bond acceptors (Lipinski definition) is 5. The Kier molecular flexibility index (Phi) is 11.7. The number of allylic oxidation sites excluding steroid dienone is 1. The summed E-state index contributed by atoms with van der Waals surface area (Å²) in [5, 5.41) is 10.2. The van der Waals surface area contributed by atoms with Gasteiger partial charge in [-0.25, -0.2) is 0 Å². The minimum Gasteiger partial charge on any atom is -0.459 e. The van der Waals surface area contributed by atoms with Crippen molar-refractivity contribution >= 4 is 17.6 Å². The van der Waals surface area contributed by atoms with Gasteiger partial charge in [0.25, 0.3) is 5.91 Å². The van der Waals surface area contributed by atoms with Crippen molar-refractivity contribution in [3.63, 3.8) is 0 Å². The van der Waals surface area contributed by atoms with Crippen molar-refractivity contribution in [1.29, 1.82) is 0 Å². The highest BCUT2D eigenvalue weighted by Gasteiger charge is 2.32. The van der Waals surface area contributed by atoms with Crippen molar-refractivity contribution in [2.45, 2.75) is 90.1 Å². The van der Waals surface area contributed by atoms with E-state index in [1.807, 2.05) is 11.0 Å². The number of carbonyl (C=O) groups is 3. The molecule has 2 amide bonds. The maximum Gasteiger partial charge on any atom is 0.289 e. The van der Waals surface area contributed by atoms with E-state index in [2.05, 4.69) is 13.0 Å². The molecule has 7 nitrogen and oxygen atoms in total. The molecular weight excluding hydrogens is 456 g/mol. The number of Topliss-reactive ketones (excluding diaryl/α,β-unsaturated/α-hetero) is 1. The van der Waals surface area contributed by atoms with Gasteiger partial charge >= 0.3 is 0 Å². The van der Waals surface area contributed by atoms with Gasteiger partial charge in [-0.05, 0) is 43.7 Å². The second-order valence-corrected chi connectivity index (χ2v) is 10.3. The van der Waals surface area contributed by atoms with Gasteiger partial charge in [0.1, 0.15) is 5.78 Å². The summed E-state index contributed by atoms with van der Waals surface area (Å²) in [7, 11) is 0. The minimum atomic E-state index is -0.398. The number of amides is 2. The highest BCUT2D eigenvalue weighted by atomic mass is 16.3. The normalized spacial score (nSPS) is 21.4. The third kappa shape index (κ3) is 8.61. The molecule has 1 saturated heterocycles. The van der Waals surface area contributed by atoms with Crippen LogP contribution >= 0.6 is 0 Å². The number of piperazine rings is 1. The lowest BCUT2D eigenvalue weighted by atomic mass is 9.89. The molecule has 0 radical (unpaired) electrons. The van der Waals surface area contributed by atoms with Crippen molar-refractivity contribution in [2.75, 3.05) is 26.2 Å². The van der Waals surface area contributed by atoms with Crippen LogP contribution < -0.4 is 0 Å². The molecular formula is C29H44N2O5. The zero-order valence-corrected chi connectivity index (χ0v) is 21.9. The first kappa shape index (κ1) is 28.2. The molecule has 0 aromatic carbocycles. The van der Waals surface area contributed by atoms with Crippen molar-refractivity contribution in [3.8, 4) is 0 Å². The Morgan fingerprint density at radius 3 is 2.56 bits per heavy atom. The Morgan fingerprint density at radius 1 is 1.08 bits per heavy atom. The summed E-state index contributed by atoms with van der Waals surface area (Å²) in [6.07, 6.45) is 16.1. The van der Waals surface area contributed by atoms with Gasteiger partial charge < -0.3 is 19.3 Å². The van der Waals surface area contributed by atoms with Crippen LogP contribution in [-0.4, -0.2) is 64.8 Å². The molecule has 3 atom stereocenters. The fraction of sp³-hybridized carbons (Fsp3) is 0.690. The summed E-state index contributed by atoms with van der Waals surface area (Å²) in [6, 6.07) is 3.37. The zero-order valence-electron chi connectivity index (χ0n) is 21.9. The van der Waals surface area contributed by atoms with E-state index in [-0.39, 0.29) is 23.7 Å². The predicted octanol–water partition coefficient (Wildman–Crippen LogP) is 5.00. The maximum atomic E-state index is 12.6. The van der Waals surface area contributed by atoms with Crippen molar-refractivity contribution < 1.29 is 23.9 Å². The molecule has 3 rings (SSSR count). The molecule has 1 aliphatic heterocycles. The van der Waals surface area contributed by atoms with E-state index in [4.69, 9.17) is 4.42 Å². The molecule has 1 aromatic heterocycles. The molecule has 2 heterocycles. The number of aliphatic hydroxyl groups is 1. The second kappa shape index (κ2) is 15.0. The molecule has 1 aromatic rings. The first-order valence-corrected chi connectivity index (χ1v) is 14.0. The summed E-state index contributed by atoms with van der Waals surface area (Å²) in [5.74, 6) is 1.10. The van der Waals surface area contributed by atoms with Crippen molar-refractivity contribution in [2.24, 2.45) is 11.8 Å². The van der Waals surface area contributed by atoms with E-state index in [9.17, 15) is 19.5 Å². The molecule has 0 bridgehead atoms. The minimum absolute atomic E-state index is 0.0888. The largest absolute Gasteiger partial charge is 0.459 e. The van der Waals surface area contributed by atoms with Crippen molar-refractivity contribution in [3.05, 3.63) is 36.3 Å². The Morgan fingerprint density at radius 2 is 1.83 bits per heavy atom. The fourth-order valence-corrected chi connectivity index (χ4v) is 5.38. The number of unbranched alkanes of at least 4 members (excludes halogenated alkanes) is 5. The first-order chi connectivity index (χ1) is 17.5. The van der Waals surface area contributed by atoms with Gasteiger partial charge in [-0.3, -0.25) is 14.4 Å². The lowest BCUT2D eigenvalue weighted by Gasteiger charge is -2.34. The number of furan rings is 1. The van der Waals surface area contributed by atoms with Crippen LogP contribution in [0.2, 0.25) is 0 Å². The zero-order chi connectivity index (χ0) is 25.8. The monoisotopic (exact) mass is 500 g/mol. The summed E-state index contributed by atoms with van der Waals surface area (Å²) in [5.41, 5.74) is 0. The molecule has 1 aliphatic carbocycles. The predicted molar refractivity (Wildman–Crippen MR) is 139 cm³/mol. The van der Waals surface area contributed by atoms with E-state index in [1.165, 1.54) is 6.26 Å². The fourth-order valence-electron chi connectivity index (χ4n) is 5.38. The summed E-state index contributed by atoms with van der Waals surface area (Å²) in [4.78, 5) is 40.9. The molecule has 1 N–H and O–H groups in total. The Bertz CT molecular complexity index is 842. The van der Waals surface area contributed by atoms with Gasteiger partial charge in [-0.1, -0.05) is 57.6 Å². The average molecular weight is 501 g/mol. The third-order valence-corrected chi connectivity index (χ3v) is 7.65. The van der Waals surface area contributed by atoms with Gasteiger partial charge in [0.15, 0.2) is 5.76 Å². The highest BCUT2D eigenvalue weighted by molar-refractivity contribution is 5.91. The second-order valence-electron chi connectivity index (χ2n) is 10.3. The van der Waals surface area contributed by atoms with Crippen LogP contribution in [0.4, 0.5) is 0 Å². The Hall–Kier alpha value is -2.41. The van der Waals surface area contributed by atoms with Gasteiger partial charge in [0.2, 0.25) is 5.91 Å². The number of nitrogens with zero attached hydrogens (tertiary/aromatic N) is 2. The Labute approximate surface area is 215 Å². The molecule has 2 aliphatic rings. The Balaban J connectivity index is 1.27. The van der Waals surface area contributed by atoms with E-state index >= 15 is 0 Å². The number of rotatable bonds is 14. The molecule has 36 heavy (non-hydrogen) atoms.